The Morgan fingerprint density at radius 3 is 2.96 bits per heavy atom. The van der Waals surface area contributed by atoms with E-state index in [0.717, 1.165) is 29.6 Å². The molecule has 1 saturated carbocycles. The van der Waals surface area contributed by atoms with Crippen molar-refractivity contribution < 1.29 is 9.53 Å². The fourth-order valence-electron chi connectivity index (χ4n) is 3.08. The van der Waals surface area contributed by atoms with Crippen LogP contribution in [0.25, 0.3) is 16.9 Å². The van der Waals surface area contributed by atoms with Gasteiger partial charge in [0.2, 0.25) is 5.82 Å². The maximum atomic E-state index is 12.6. The minimum Gasteiger partial charge on any atom is -0.372 e. The van der Waals surface area contributed by atoms with Crippen LogP contribution >= 0.6 is 0 Å². The van der Waals surface area contributed by atoms with Crippen molar-refractivity contribution in [3.05, 3.63) is 53.5 Å². The summed E-state index contributed by atoms with van der Waals surface area (Å²) in [5.74, 6) is 0.238. The molecule has 2 aliphatic rings. The minimum atomic E-state index is -0.146. The summed E-state index contributed by atoms with van der Waals surface area (Å²) in [4.78, 5) is 21.6. The Morgan fingerprint density at radius 1 is 1.21 bits per heavy atom. The number of aromatic nitrogens is 3. The van der Waals surface area contributed by atoms with Gasteiger partial charge in [0.1, 0.15) is 5.52 Å². The molecule has 5 rings (SSSR count). The highest BCUT2D eigenvalue weighted by Gasteiger charge is 2.27. The van der Waals surface area contributed by atoms with Crippen molar-refractivity contribution in [1.29, 1.82) is 0 Å². The number of hydrogen-bond acceptors (Lipinski definition) is 4. The normalized spacial score (nSPS) is 16.3. The van der Waals surface area contributed by atoms with Crippen LogP contribution in [-0.2, 0) is 18.0 Å². The van der Waals surface area contributed by atoms with Crippen LogP contribution in [0.4, 0.5) is 0 Å². The van der Waals surface area contributed by atoms with Gasteiger partial charge in [-0.1, -0.05) is 6.07 Å². The van der Waals surface area contributed by atoms with Gasteiger partial charge in [0.05, 0.1) is 13.2 Å². The first-order valence-electron chi connectivity index (χ1n) is 8.14. The monoisotopic (exact) mass is 320 g/mol. The Balaban J connectivity index is 1.68. The van der Waals surface area contributed by atoms with Gasteiger partial charge in [-0.2, -0.15) is 0 Å². The zero-order chi connectivity index (χ0) is 16.1. The van der Waals surface area contributed by atoms with Gasteiger partial charge in [0.25, 0.3) is 5.91 Å². The van der Waals surface area contributed by atoms with Gasteiger partial charge >= 0.3 is 0 Å². The van der Waals surface area contributed by atoms with Gasteiger partial charge in [-0.15, -0.1) is 0 Å². The summed E-state index contributed by atoms with van der Waals surface area (Å²) < 4.78 is 7.33. The smallest absolute Gasteiger partial charge is 0.287 e. The van der Waals surface area contributed by atoms with Crippen LogP contribution in [0.15, 0.2) is 36.5 Å². The summed E-state index contributed by atoms with van der Waals surface area (Å²) in [6.45, 7) is 1.25. The average molecular weight is 320 g/mol. The maximum Gasteiger partial charge on any atom is 0.287 e. The zero-order valence-electron chi connectivity index (χ0n) is 13.0. The summed E-state index contributed by atoms with van der Waals surface area (Å²) in [5, 5.41) is 3.02. The largest absolute Gasteiger partial charge is 0.372 e. The van der Waals surface area contributed by atoms with Crippen LogP contribution in [-0.4, -0.2) is 26.5 Å². The number of benzene rings is 1. The van der Waals surface area contributed by atoms with E-state index in [9.17, 15) is 4.79 Å². The molecule has 1 aromatic carbocycles. The number of hydrogen-bond donors (Lipinski definition) is 1. The number of carbonyl (C=O) groups excluding carboxylic acids is 1. The van der Waals surface area contributed by atoms with Gasteiger partial charge in [0, 0.05) is 17.9 Å². The second-order valence-corrected chi connectivity index (χ2v) is 6.31. The average Bonchev–Trinajstić information content (AvgIpc) is 3.15. The number of pyridine rings is 1. The van der Waals surface area contributed by atoms with E-state index >= 15 is 0 Å². The SMILES string of the molecule is O=C(NC1CC1)c1nc2cccnc2n1-c1ccc2c(c1)COC2. The lowest BCUT2D eigenvalue weighted by Crippen LogP contribution is -2.28. The molecule has 0 atom stereocenters. The second kappa shape index (κ2) is 5.14. The molecule has 24 heavy (non-hydrogen) atoms. The molecule has 1 amide bonds. The third-order valence-corrected chi connectivity index (χ3v) is 4.49. The molecular weight excluding hydrogens is 304 g/mol. The van der Waals surface area contributed by atoms with Crippen LogP contribution in [0.3, 0.4) is 0 Å². The number of rotatable bonds is 3. The van der Waals surface area contributed by atoms with E-state index in [-0.39, 0.29) is 11.9 Å². The summed E-state index contributed by atoms with van der Waals surface area (Å²) in [7, 11) is 0. The lowest BCUT2D eigenvalue weighted by Gasteiger charge is -2.10. The molecule has 6 heteroatoms. The quantitative estimate of drug-likeness (QED) is 0.804. The Labute approximate surface area is 138 Å². The number of amides is 1. The van der Waals surface area contributed by atoms with E-state index in [1.165, 1.54) is 5.56 Å². The fraction of sp³-hybridized carbons (Fsp3) is 0.278. The van der Waals surface area contributed by atoms with Crippen LogP contribution in [0.1, 0.15) is 34.6 Å². The van der Waals surface area contributed by atoms with Crippen molar-refractivity contribution in [2.24, 2.45) is 0 Å². The van der Waals surface area contributed by atoms with E-state index in [1.807, 2.05) is 22.8 Å². The molecule has 0 bridgehead atoms. The molecule has 1 fully saturated rings. The fourth-order valence-corrected chi connectivity index (χ4v) is 3.08. The standard InChI is InChI=1S/C18H16N4O2/c23-18(20-13-4-5-13)17-21-15-2-1-7-19-16(15)22(17)14-6-3-11-9-24-10-12(11)8-14/h1-3,6-8,13H,4-5,9-10H2,(H,20,23). The first kappa shape index (κ1) is 13.7. The highest BCUT2D eigenvalue weighted by Crippen LogP contribution is 2.26. The number of nitrogens with one attached hydrogen (secondary N) is 1. The van der Waals surface area contributed by atoms with E-state index in [4.69, 9.17) is 4.74 Å². The summed E-state index contributed by atoms with van der Waals surface area (Å²) >= 11 is 0. The number of carbonyl (C=O) groups is 1. The van der Waals surface area contributed by atoms with E-state index < -0.39 is 0 Å². The summed E-state index contributed by atoms with van der Waals surface area (Å²) in [6, 6.07) is 10.1. The molecule has 0 spiro atoms. The van der Waals surface area contributed by atoms with Crippen LogP contribution < -0.4 is 5.32 Å². The molecule has 3 aromatic rings. The topological polar surface area (TPSA) is 69.0 Å². The highest BCUT2D eigenvalue weighted by atomic mass is 16.5. The molecule has 6 nitrogen and oxygen atoms in total. The first-order valence-corrected chi connectivity index (χ1v) is 8.14. The van der Waals surface area contributed by atoms with Crippen LogP contribution in [0, 0.1) is 0 Å². The number of ether oxygens (including phenoxy) is 1. The van der Waals surface area contributed by atoms with Gasteiger partial charge in [-0.25, -0.2) is 9.97 Å². The molecule has 0 unspecified atom stereocenters. The summed E-state index contributed by atoms with van der Waals surface area (Å²) in [5.41, 5.74) is 4.65. The highest BCUT2D eigenvalue weighted by molar-refractivity contribution is 5.95. The van der Waals surface area contributed by atoms with Gasteiger partial charge in [0.15, 0.2) is 5.65 Å². The minimum absolute atomic E-state index is 0.146. The molecule has 2 aromatic heterocycles. The molecule has 3 heterocycles. The Hall–Kier alpha value is -2.73. The maximum absolute atomic E-state index is 12.6. The Bertz CT molecular complexity index is 959. The molecule has 120 valence electrons. The molecule has 1 aliphatic carbocycles. The molecule has 0 saturated heterocycles. The van der Waals surface area contributed by atoms with Crippen molar-refractivity contribution in [2.75, 3.05) is 0 Å². The van der Waals surface area contributed by atoms with Gasteiger partial charge < -0.3 is 10.1 Å². The molecule has 1 N–H and O–H groups in total. The van der Waals surface area contributed by atoms with E-state index in [2.05, 4.69) is 27.4 Å². The van der Waals surface area contributed by atoms with E-state index in [1.54, 1.807) is 6.20 Å². The number of nitrogens with zero attached hydrogens (tertiary/aromatic N) is 3. The second-order valence-electron chi connectivity index (χ2n) is 6.31. The molecule has 1 aliphatic heterocycles. The number of imidazole rings is 1. The van der Waals surface area contributed by atoms with Crippen LogP contribution in [0.2, 0.25) is 0 Å². The zero-order valence-corrected chi connectivity index (χ0v) is 13.0. The lowest BCUT2D eigenvalue weighted by molar-refractivity contribution is 0.0939. The number of fused-ring (bicyclic) bond motifs is 2. The van der Waals surface area contributed by atoms with Gasteiger partial charge in [-0.3, -0.25) is 9.36 Å². The van der Waals surface area contributed by atoms with Gasteiger partial charge in [-0.05, 0) is 48.2 Å². The predicted octanol–water partition coefficient (Wildman–Crippen LogP) is 2.34. The first-order chi connectivity index (χ1) is 11.8. The van der Waals surface area contributed by atoms with Crippen molar-refractivity contribution in [2.45, 2.75) is 32.1 Å². The van der Waals surface area contributed by atoms with Crippen molar-refractivity contribution in [3.8, 4) is 5.69 Å². The van der Waals surface area contributed by atoms with Crippen molar-refractivity contribution in [3.63, 3.8) is 0 Å². The summed E-state index contributed by atoms with van der Waals surface area (Å²) in [6.07, 6.45) is 3.81. The Morgan fingerprint density at radius 2 is 2.08 bits per heavy atom. The van der Waals surface area contributed by atoms with Crippen molar-refractivity contribution in [1.82, 2.24) is 19.9 Å². The molecular formula is C18H16N4O2. The third kappa shape index (κ3) is 2.18. The van der Waals surface area contributed by atoms with Crippen LogP contribution in [0.5, 0.6) is 0 Å². The van der Waals surface area contributed by atoms with E-state index in [0.29, 0.717) is 24.7 Å². The molecule has 0 radical (unpaired) electrons. The third-order valence-electron chi connectivity index (χ3n) is 4.49. The van der Waals surface area contributed by atoms with Crippen molar-refractivity contribution >= 4 is 17.1 Å². The predicted molar refractivity (Wildman–Crippen MR) is 87.8 cm³/mol. The lowest BCUT2D eigenvalue weighted by atomic mass is 10.1. The Kier molecular flexibility index (Phi) is 2.93.